The lowest BCUT2D eigenvalue weighted by Gasteiger charge is -2.45. The van der Waals surface area contributed by atoms with E-state index in [9.17, 15) is 5.21 Å². The van der Waals surface area contributed by atoms with Crippen molar-refractivity contribution in [3.05, 3.63) is 30.5 Å². The molecule has 0 atom stereocenters. The molecular weight excluding hydrogens is 224 g/mol. The SMILES string of the molecule is C=CC[N+](C)(CC=C)C[N+]1([O-])CCCC1.[Cl-]. The molecule has 94 valence electrons. The van der Waals surface area contributed by atoms with Crippen molar-refractivity contribution >= 4 is 0 Å². The molecule has 3 nitrogen and oxygen atoms in total. The lowest BCUT2D eigenvalue weighted by atomic mass is 10.4. The van der Waals surface area contributed by atoms with Crippen LogP contribution in [0.25, 0.3) is 0 Å². The molecule has 0 radical (unpaired) electrons. The van der Waals surface area contributed by atoms with Crippen LogP contribution in [0, 0.1) is 5.21 Å². The van der Waals surface area contributed by atoms with Gasteiger partial charge in [-0.05, 0) is 12.2 Å². The van der Waals surface area contributed by atoms with Gasteiger partial charge in [0.2, 0.25) is 6.67 Å². The van der Waals surface area contributed by atoms with E-state index in [1.54, 1.807) is 0 Å². The number of hydrogen-bond acceptors (Lipinski definition) is 1. The van der Waals surface area contributed by atoms with Crippen LogP contribution in [0.3, 0.4) is 0 Å². The molecule has 0 aromatic heterocycles. The molecule has 0 aromatic rings. The van der Waals surface area contributed by atoms with E-state index in [4.69, 9.17) is 0 Å². The largest absolute Gasteiger partial charge is 1.00 e. The summed E-state index contributed by atoms with van der Waals surface area (Å²) in [6, 6.07) is 0. The predicted molar refractivity (Wildman–Crippen MR) is 63.8 cm³/mol. The molecule has 1 saturated heterocycles. The Hall–Kier alpha value is -0.350. The van der Waals surface area contributed by atoms with Gasteiger partial charge in [0.25, 0.3) is 0 Å². The van der Waals surface area contributed by atoms with Gasteiger partial charge in [0.15, 0.2) is 0 Å². The number of likely N-dealkylation sites (tertiary alicyclic amines) is 1. The van der Waals surface area contributed by atoms with Crippen molar-refractivity contribution in [2.75, 3.05) is 39.9 Å². The van der Waals surface area contributed by atoms with Gasteiger partial charge in [0.05, 0.1) is 20.1 Å². The number of halogens is 1. The Balaban J connectivity index is 0.00000225. The van der Waals surface area contributed by atoms with Crippen LogP contribution in [0.15, 0.2) is 25.3 Å². The maximum atomic E-state index is 12.3. The Kier molecular flexibility index (Phi) is 6.26. The van der Waals surface area contributed by atoms with Crippen LogP contribution in [0.4, 0.5) is 0 Å². The molecule has 0 amide bonds. The minimum absolute atomic E-state index is 0. The maximum absolute atomic E-state index is 12.3. The van der Waals surface area contributed by atoms with E-state index >= 15 is 0 Å². The van der Waals surface area contributed by atoms with Crippen LogP contribution >= 0.6 is 0 Å². The Morgan fingerprint density at radius 1 is 1.19 bits per heavy atom. The highest BCUT2D eigenvalue weighted by molar-refractivity contribution is 4.70. The van der Waals surface area contributed by atoms with Crippen LogP contribution in [0.1, 0.15) is 12.8 Å². The van der Waals surface area contributed by atoms with Crippen molar-refractivity contribution in [1.82, 2.24) is 0 Å². The number of rotatable bonds is 6. The maximum Gasteiger partial charge on any atom is 0.207 e. The van der Waals surface area contributed by atoms with Crippen LogP contribution in [-0.2, 0) is 0 Å². The normalized spacial score (nSPS) is 18.9. The summed E-state index contributed by atoms with van der Waals surface area (Å²) >= 11 is 0. The first-order valence-electron chi connectivity index (χ1n) is 5.66. The second kappa shape index (κ2) is 6.40. The van der Waals surface area contributed by atoms with Gasteiger partial charge in [0, 0.05) is 12.8 Å². The number of nitrogens with zero attached hydrogens (tertiary/aromatic N) is 2. The van der Waals surface area contributed by atoms with E-state index in [-0.39, 0.29) is 17.1 Å². The summed E-state index contributed by atoms with van der Waals surface area (Å²) in [5, 5.41) is 12.3. The summed E-state index contributed by atoms with van der Waals surface area (Å²) in [4.78, 5) is 0. The van der Waals surface area contributed by atoms with Gasteiger partial charge in [-0.25, -0.2) is 0 Å². The van der Waals surface area contributed by atoms with Crippen molar-refractivity contribution in [1.29, 1.82) is 0 Å². The van der Waals surface area contributed by atoms with E-state index in [0.717, 1.165) is 43.5 Å². The van der Waals surface area contributed by atoms with E-state index in [1.807, 2.05) is 12.2 Å². The van der Waals surface area contributed by atoms with Gasteiger partial charge >= 0.3 is 0 Å². The highest BCUT2D eigenvalue weighted by atomic mass is 35.5. The molecule has 4 heteroatoms. The average molecular weight is 247 g/mol. The fraction of sp³-hybridized carbons (Fsp3) is 0.667. The molecule has 1 fully saturated rings. The second-order valence-electron chi connectivity index (χ2n) is 4.92. The summed E-state index contributed by atoms with van der Waals surface area (Å²) in [6.45, 7) is 11.4. The van der Waals surface area contributed by atoms with Gasteiger partial charge < -0.3 is 22.3 Å². The van der Waals surface area contributed by atoms with E-state index < -0.39 is 0 Å². The molecule has 0 N–H and O–H groups in total. The third kappa shape index (κ3) is 4.26. The number of hydroxylamine groups is 3. The molecule has 1 heterocycles. The van der Waals surface area contributed by atoms with Crippen molar-refractivity contribution in [2.45, 2.75) is 12.8 Å². The van der Waals surface area contributed by atoms with Crippen LogP contribution in [-0.4, -0.2) is 49.0 Å². The standard InChI is InChI=1S/C12H23N2O.ClH/c1-4-8-13(3,9-5-2)12-14(15)10-6-7-11-14;/h4-5H,1-2,6-12H2,3H3;1H/q+1;/p-1. The molecule has 0 spiro atoms. The van der Waals surface area contributed by atoms with Crippen molar-refractivity contribution in [2.24, 2.45) is 0 Å². The smallest absolute Gasteiger partial charge is 0.207 e. The van der Waals surface area contributed by atoms with E-state index in [2.05, 4.69) is 20.2 Å². The lowest BCUT2D eigenvalue weighted by molar-refractivity contribution is -1.06. The average Bonchev–Trinajstić information content (AvgIpc) is 2.51. The minimum Gasteiger partial charge on any atom is -1.00 e. The first-order chi connectivity index (χ1) is 7.04. The quantitative estimate of drug-likeness (QED) is 0.331. The van der Waals surface area contributed by atoms with Gasteiger partial charge in [-0.15, -0.1) is 0 Å². The predicted octanol–water partition coefficient (Wildman–Crippen LogP) is -1.13. The summed E-state index contributed by atoms with van der Waals surface area (Å²) < 4.78 is 0.703. The lowest BCUT2D eigenvalue weighted by Crippen LogP contribution is -3.00. The molecule has 0 bridgehead atoms. The summed E-state index contributed by atoms with van der Waals surface area (Å²) in [5.74, 6) is 0. The number of likely N-dealkylation sites (N-methyl/N-ethyl adjacent to an activating group) is 1. The third-order valence-corrected chi connectivity index (χ3v) is 3.12. The molecule has 0 unspecified atom stereocenters. The molecule has 0 aromatic carbocycles. The monoisotopic (exact) mass is 246 g/mol. The number of hydrogen-bond donors (Lipinski definition) is 0. The highest BCUT2D eigenvalue weighted by Crippen LogP contribution is 2.21. The first-order valence-corrected chi connectivity index (χ1v) is 5.66. The molecule has 16 heavy (non-hydrogen) atoms. The molecule has 1 aliphatic rings. The zero-order chi connectivity index (χ0) is 11.4. The van der Waals surface area contributed by atoms with Crippen molar-refractivity contribution in [3.8, 4) is 0 Å². The second-order valence-corrected chi connectivity index (χ2v) is 4.92. The first kappa shape index (κ1) is 15.7. The fourth-order valence-corrected chi connectivity index (χ4v) is 2.49. The van der Waals surface area contributed by atoms with Crippen LogP contribution in [0.2, 0.25) is 0 Å². The Morgan fingerprint density at radius 3 is 2.00 bits per heavy atom. The van der Waals surface area contributed by atoms with Crippen molar-refractivity contribution < 1.29 is 21.5 Å². The minimum atomic E-state index is -0.0296. The zero-order valence-electron chi connectivity index (χ0n) is 10.2. The fourth-order valence-electron chi connectivity index (χ4n) is 2.49. The third-order valence-electron chi connectivity index (χ3n) is 3.12. The van der Waals surface area contributed by atoms with Crippen LogP contribution in [0.5, 0.6) is 0 Å². The molecule has 1 aliphatic heterocycles. The molecule has 0 aliphatic carbocycles. The highest BCUT2D eigenvalue weighted by Gasteiger charge is 2.32. The van der Waals surface area contributed by atoms with Gasteiger partial charge in [-0.2, -0.15) is 0 Å². The van der Waals surface area contributed by atoms with E-state index in [1.165, 1.54) is 0 Å². The van der Waals surface area contributed by atoms with Crippen LogP contribution < -0.4 is 12.4 Å². The topological polar surface area (TPSA) is 23.1 Å². The number of quaternary nitrogens is 2. The Labute approximate surface area is 105 Å². The molecule has 0 saturated carbocycles. The molecular formula is C12H23ClN2O. The summed E-state index contributed by atoms with van der Waals surface area (Å²) in [7, 11) is 2.11. The van der Waals surface area contributed by atoms with E-state index in [0.29, 0.717) is 6.67 Å². The Bertz CT molecular complexity index is 227. The summed E-state index contributed by atoms with van der Waals surface area (Å²) in [5.41, 5.74) is 0. The zero-order valence-corrected chi connectivity index (χ0v) is 11.0. The Morgan fingerprint density at radius 2 is 1.62 bits per heavy atom. The summed E-state index contributed by atoms with van der Waals surface area (Å²) in [6.07, 6.45) is 5.94. The van der Waals surface area contributed by atoms with Crippen molar-refractivity contribution in [3.63, 3.8) is 0 Å². The van der Waals surface area contributed by atoms with Gasteiger partial charge in [-0.1, -0.05) is 13.2 Å². The molecule has 1 rings (SSSR count). The van der Waals surface area contributed by atoms with Gasteiger partial charge in [0.1, 0.15) is 13.1 Å². The van der Waals surface area contributed by atoms with Gasteiger partial charge in [-0.3, -0.25) is 4.48 Å².